The fourth-order valence-corrected chi connectivity index (χ4v) is 2.61. The SMILES string of the molecule is CN=C(NCc1ccc(OC)c(C)c1)NCC(C)c1ccccc1.I. The highest BCUT2D eigenvalue weighted by Gasteiger charge is 2.06. The van der Waals surface area contributed by atoms with Gasteiger partial charge in [-0.15, -0.1) is 24.0 Å². The van der Waals surface area contributed by atoms with E-state index in [2.05, 4.69) is 65.9 Å². The molecule has 2 aromatic rings. The molecule has 0 spiro atoms. The molecular weight excluding hydrogens is 425 g/mol. The summed E-state index contributed by atoms with van der Waals surface area (Å²) in [4.78, 5) is 4.29. The quantitative estimate of drug-likeness (QED) is 0.394. The molecule has 2 N–H and O–H groups in total. The van der Waals surface area contributed by atoms with E-state index in [0.29, 0.717) is 5.92 Å². The predicted molar refractivity (Wildman–Crippen MR) is 116 cm³/mol. The molecule has 0 heterocycles. The summed E-state index contributed by atoms with van der Waals surface area (Å²) in [6, 6.07) is 16.7. The molecule has 1 atom stereocenters. The maximum atomic E-state index is 5.30. The summed E-state index contributed by atoms with van der Waals surface area (Å²) >= 11 is 0. The van der Waals surface area contributed by atoms with Gasteiger partial charge in [0.1, 0.15) is 5.75 Å². The number of halogens is 1. The van der Waals surface area contributed by atoms with E-state index in [0.717, 1.165) is 30.4 Å². The summed E-state index contributed by atoms with van der Waals surface area (Å²) < 4.78 is 5.30. The molecule has 2 rings (SSSR count). The van der Waals surface area contributed by atoms with Crippen molar-refractivity contribution in [3.05, 3.63) is 65.2 Å². The molecule has 1 unspecified atom stereocenters. The fourth-order valence-electron chi connectivity index (χ4n) is 2.61. The molecule has 4 nitrogen and oxygen atoms in total. The van der Waals surface area contributed by atoms with Crippen LogP contribution in [0.4, 0.5) is 0 Å². The van der Waals surface area contributed by atoms with Gasteiger partial charge < -0.3 is 15.4 Å². The average Bonchev–Trinajstić information content (AvgIpc) is 2.62. The topological polar surface area (TPSA) is 45.7 Å². The molecule has 0 saturated carbocycles. The minimum absolute atomic E-state index is 0. The van der Waals surface area contributed by atoms with Crippen LogP contribution in [0.1, 0.15) is 29.5 Å². The number of benzene rings is 2. The third kappa shape index (κ3) is 6.57. The number of methoxy groups -OCH3 is 1. The standard InChI is InChI=1S/C20H27N3O.HI/c1-15-12-17(10-11-19(15)24-4)14-23-20(21-3)22-13-16(2)18-8-6-5-7-9-18;/h5-12,16H,13-14H2,1-4H3,(H2,21,22,23);1H. The zero-order valence-corrected chi connectivity index (χ0v) is 17.7. The highest BCUT2D eigenvalue weighted by atomic mass is 127. The molecule has 0 aliphatic rings. The van der Waals surface area contributed by atoms with E-state index < -0.39 is 0 Å². The molecule has 0 aliphatic heterocycles. The minimum atomic E-state index is 0. The molecule has 2 aromatic carbocycles. The van der Waals surface area contributed by atoms with Gasteiger partial charge in [-0.05, 0) is 35.6 Å². The van der Waals surface area contributed by atoms with Crippen molar-refractivity contribution in [2.24, 2.45) is 4.99 Å². The van der Waals surface area contributed by atoms with Crippen LogP contribution < -0.4 is 15.4 Å². The Morgan fingerprint density at radius 3 is 2.44 bits per heavy atom. The molecule has 0 fully saturated rings. The Balaban J connectivity index is 0.00000312. The molecule has 0 aliphatic carbocycles. The van der Waals surface area contributed by atoms with E-state index in [4.69, 9.17) is 4.74 Å². The molecule has 0 saturated heterocycles. The Hall–Kier alpha value is -1.76. The van der Waals surface area contributed by atoms with Gasteiger partial charge in [-0.1, -0.05) is 49.4 Å². The van der Waals surface area contributed by atoms with Gasteiger partial charge >= 0.3 is 0 Å². The van der Waals surface area contributed by atoms with Crippen LogP contribution in [0.5, 0.6) is 5.75 Å². The summed E-state index contributed by atoms with van der Waals surface area (Å²) in [6.45, 7) is 5.83. The third-order valence-corrected chi connectivity index (χ3v) is 4.09. The molecule has 136 valence electrons. The highest BCUT2D eigenvalue weighted by molar-refractivity contribution is 14.0. The summed E-state index contributed by atoms with van der Waals surface area (Å²) in [6.07, 6.45) is 0. The van der Waals surface area contributed by atoms with E-state index in [9.17, 15) is 0 Å². The third-order valence-electron chi connectivity index (χ3n) is 4.09. The van der Waals surface area contributed by atoms with Crippen LogP contribution in [-0.2, 0) is 6.54 Å². The maximum Gasteiger partial charge on any atom is 0.191 e. The van der Waals surface area contributed by atoms with Crippen LogP contribution in [0.3, 0.4) is 0 Å². The molecule has 0 aromatic heterocycles. The van der Waals surface area contributed by atoms with Crippen molar-refractivity contribution in [1.82, 2.24) is 10.6 Å². The Bertz CT molecular complexity index is 674. The van der Waals surface area contributed by atoms with Crippen LogP contribution in [-0.4, -0.2) is 26.7 Å². The van der Waals surface area contributed by atoms with Crippen molar-refractivity contribution in [1.29, 1.82) is 0 Å². The van der Waals surface area contributed by atoms with Gasteiger partial charge in [-0.2, -0.15) is 0 Å². The Morgan fingerprint density at radius 2 is 1.84 bits per heavy atom. The summed E-state index contributed by atoms with van der Waals surface area (Å²) in [5.41, 5.74) is 3.66. The molecule has 0 radical (unpaired) electrons. The summed E-state index contributed by atoms with van der Waals surface area (Å²) in [7, 11) is 3.49. The second-order valence-corrected chi connectivity index (χ2v) is 5.92. The molecule has 5 heteroatoms. The van der Waals surface area contributed by atoms with Crippen molar-refractivity contribution in [2.75, 3.05) is 20.7 Å². The van der Waals surface area contributed by atoms with Crippen LogP contribution in [0.2, 0.25) is 0 Å². The first-order valence-electron chi connectivity index (χ1n) is 8.27. The highest BCUT2D eigenvalue weighted by Crippen LogP contribution is 2.18. The van der Waals surface area contributed by atoms with E-state index in [1.54, 1.807) is 14.2 Å². The van der Waals surface area contributed by atoms with E-state index in [-0.39, 0.29) is 24.0 Å². The van der Waals surface area contributed by atoms with E-state index in [1.165, 1.54) is 11.1 Å². The van der Waals surface area contributed by atoms with Crippen LogP contribution in [0.15, 0.2) is 53.5 Å². The first kappa shape index (κ1) is 21.3. The number of guanidine groups is 1. The second kappa shape index (κ2) is 11.0. The van der Waals surface area contributed by atoms with E-state index >= 15 is 0 Å². The van der Waals surface area contributed by atoms with Gasteiger partial charge in [-0.3, -0.25) is 4.99 Å². The lowest BCUT2D eigenvalue weighted by Gasteiger charge is -2.16. The van der Waals surface area contributed by atoms with Gasteiger partial charge in [0.2, 0.25) is 0 Å². The molecule has 0 bridgehead atoms. The number of hydrogen-bond donors (Lipinski definition) is 2. The largest absolute Gasteiger partial charge is 0.496 e. The van der Waals surface area contributed by atoms with Crippen molar-refractivity contribution >= 4 is 29.9 Å². The Kier molecular flexibility index (Phi) is 9.34. The van der Waals surface area contributed by atoms with Crippen LogP contribution >= 0.6 is 24.0 Å². The first-order chi connectivity index (χ1) is 11.6. The van der Waals surface area contributed by atoms with Crippen LogP contribution in [0.25, 0.3) is 0 Å². The number of nitrogens with one attached hydrogen (secondary N) is 2. The number of rotatable bonds is 6. The Morgan fingerprint density at radius 1 is 1.12 bits per heavy atom. The van der Waals surface area contributed by atoms with Gasteiger partial charge in [0, 0.05) is 20.1 Å². The monoisotopic (exact) mass is 453 g/mol. The van der Waals surface area contributed by atoms with Crippen molar-refractivity contribution in [2.45, 2.75) is 26.3 Å². The number of hydrogen-bond acceptors (Lipinski definition) is 2. The lowest BCUT2D eigenvalue weighted by molar-refractivity contribution is 0.411. The average molecular weight is 453 g/mol. The number of nitrogens with zero attached hydrogens (tertiary/aromatic N) is 1. The van der Waals surface area contributed by atoms with Gasteiger partial charge in [-0.25, -0.2) is 0 Å². The zero-order valence-electron chi connectivity index (χ0n) is 15.4. The number of aliphatic imine (C=N–C) groups is 1. The fraction of sp³-hybridized carbons (Fsp3) is 0.350. The van der Waals surface area contributed by atoms with E-state index in [1.807, 2.05) is 12.1 Å². The normalized spacial score (nSPS) is 12.1. The first-order valence-corrected chi connectivity index (χ1v) is 8.27. The van der Waals surface area contributed by atoms with Gasteiger partial charge in [0.15, 0.2) is 5.96 Å². The Labute approximate surface area is 168 Å². The smallest absolute Gasteiger partial charge is 0.191 e. The number of ether oxygens (including phenoxy) is 1. The van der Waals surface area contributed by atoms with Crippen molar-refractivity contribution in [3.63, 3.8) is 0 Å². The van der Waals surface area contributed by atoms with Crippen molar-refractivity contribution < 1.29 is 4.74 Å². The molecule has 25 heavy (non-hydrogen) atoms. The summed E-state index contributed by atoms with van der Waals surface area (Å²) in [5.74, 6) is 2.15. The van der Waals surface area contributed by atoms with Crippen LogP contribution in [0, 0.1) is 6.92 Å². The predicted octanol–water partition coefficient (Wildman–Crippen LogP) is 4.09. The molecular formula is C20H28IN3O. The lowest BCUT2D eigenvalue weighted by atomic mass is 10.0. The lowest BCUT2D eigenvalue weighted by Crippen LogP contribution is -2.38. The van der Waals surface area contributed by atoms with Crippen molar-refractivity contribution in [3.8, 4) is 5.75 Å². The second-order valence-electron chi connectivity index (χ2n) is 5.92. The van der Waals surface area contributed by atoms with Gasteiger partial charge in [0.25, 0.3) is 0 Å². The zero-order chi connectivity index (χ0) is 17.4. The maximum absolute atomic E-state index is 5.30. The minimum Gasteiger partial charge on any atom is -0.496 e. The summed E-state index contributed by atoms with van der Waals surface area (Å²) in [5, 5.41) is 6.74. The number of aryl methyl sites for hydroxylation is 1. The van der Waals surface area contributed by atoms with Gasteiger partial charge in [0.05, 0.1) is 7.11 Å². The molecule has 0 amide bonds.